The number of aromatic carboxylic acids is 1. The second-order valence-corrected chi connectivity index (χ2v) is 11.0. The van der Waals surface area contributed by atoms with Crippen LogP contribution in [-0.4, -0.2) is 47.7 Å². The summed E-state index contributed by atoms with van der Waals surface area (Å²) in [5.74, 6) is -0.681. The predicted octanol–water partition coefficient (Wildman–Crippen LogP) is 6.80. The number of methoxy groups -OCH3 is 1. The van der Waals surface area contributed by atoms with E-state index in [2.05, 4.69) is 41.8 Å². The van der Waals surface area contributed by atoms with Crippen molar-refractivity contribution in [2.45, 2.75) is 19.6 Å². The van der Waals surface area contributed by atoms with Crippen molar-refractivity contribution in [3.63, 3.8) is 0 Å². The number of para-hydroxylation sites is 1. The lowest BCUT2D eigenvalue weighted by molar-refractivity contribution is 0.0697. The SMILES string of the molecule is COc1cc(-c2ccccc2-c2ccccc2C(=O)O)ccc1C(=O)N1Cc2ccc(CN(C)C)n2Cc2ccccc21. The van der Waals surface area contributed by atoms with Gasteiger partial charge in [-0.05, 0) is 78.3 Å². The number of anilines is 1. The van der Waals surface area contributed by atoms with Crippen molar-refractivity contribution in [1.29, 1.82) is 0 Å². The first-order valence-electron chi connectivity index (χ1n) is 14.2. The van der Waals surface area contributed by atoms with Gasteiger partial charge in [0.2, 0.25) is 0 Å². The van der Waals surface area contributed by atoms with Crippen molar-refractivity contribution in [2.75, 3.05) is 26.1 Å². The van der Waals surface area contributed by atoms with Gasteiger partial charge in [-0.25, -0.2) is 4.79 Å². The van der Waals surface area contributed by atoms with Gasteiger partial charge in [0.25, 0.3) is 5.91 Å². The molecule has 0 saturated heterocycles. The van der Waals surface area contributed by atoms with Gasteiger partial charge in [-0.3, -0.25) is 4.79 Å². The first-order valence-corrected chi connectivity index (χ1v) is 14.2. The zero-order chi connectivity index (χ0) is 30.1. The fourth-order valence-corrected chi connectivity index (χ4v) is 5.92. The highest BCUT2D eigenvalue weighted by atomic mass is 16.5. The first-order chi connectivity index (χ1) is 20.9. The molecule has 0 atom stereocenters. The highest BCUT2D eigenvalue weighted by Crippen LogP contribution is 2.38. The van der Waals surface area contributed by atoms with E-state index in [1.165, 1.54) is 5.69 Å². The first kappa shape index (κ1) is 28.0. The Morgan fingerprint density at radius 1 is 0.791 bits per heavy atom. The number of ether oxygens (including phenoxy) is 1. The number of carboxylic acid groups (broad SMARTS) is 1. The average Bonchev–Trinajstić information content (AvgIpc) is 3.29. The molecule has 1 aliphatic rings. The maximum atomic E-state index is 14.3. The second kappa shape index (κ2) is 11.6. The third-order valence-corrected chi connectivity index (χ3v) is 7.93. The van der Waals surface area contributed by atoms with Crippen LogP contribution in [0.1, 0.15) is 37.7 Å². The zero-order valence-electron chi connectivity index (χ0n) is 24.4. The Labute approximate surface area is 251 Å². The number of hydrogen-bond acceptors (Lipinski definition) is 4. The molecule has 7 heteroatoms. The summed E-state index contributed by atoms with van der Waals surface area (Å²) >= 11 is 0. The molecule has 1 aromatic heterocycles. The number of carbonyl (C=O) groups excluding carboxylic acids is 1. The highest BCUT2D eigenvalue weighted by Gasteiger charge is 2.28. The van der Waals surface area contributed by atoms with Crippen molar-refractivity contribution >= 4 is 17.6 Å². The number of fused-ring (bicyclic) bond motifs is 2. The van der Waals surface area contributed by atoms with Gasteiger partial charge in [0.1, 0.15) is 5.75 Å². The molecule has 1 aliphatic heterocycles. The summed E-state index contributed by atoms with van der Waals surface area (Å²) in [6.07, 6.45) is 0. The normalized spacial score (nSPS) is 12.4. The molecule has 6 rings (SSSR count). The lowest BCUT2D eigenvalue weighted by Crippen LogP contribution is -2.31. The van der Waals surface area contributed by atoms with Crippen LogP contribution >= 0.6 is 0 Å². The molecule has 1 amide bonds. The molecule has 0 radical (unpaired) electrons. The Balaban J connectivity index is 1.40. The van der Waals surface area contributed by atoms with E-state index >= 15 is 0 Å². The molecule has 4 aromatic carbocycles. The van der Waals surface area contributed by atoms with Gasteiger partial charge in [0.15, 0.2) is 0 Å². The van der Waals surface area contributed by atoms with Crippen LogP contribution in [0.2, 0.25) is 0 Å². The monoisotopic (exact) mass is 571 g/mol. The number of carbonyl (C=O) groups is 2. The van der Waals surface area contributed by atoms with Crippen molar-refractivity contribution in [3.05, 3.63) is 131 Å². The van der Waals surface area contributed by atoms with Gasteiger partial charge in [0, 0.05) is 30.2 Å². The van der Waals surface area contributed by atoms with Crippen LogP contribution in [0.3, 0.4) is 0 Å². The van der Waals surface area contributed by atoms with E-state index in [9.17, 15) is 14.7 Å². The van der Waals surface area contributed by atoms with Crippen LogP contribution in [0.25, 0.3) is 22.3 Å². The van der Waals surface area contributed by atoms with Gasteiger partial charge in [0.05, 0.1) is 24.8 Å². The van der Waals surface area contributed by atoms with E-state index in [1.54, 1.807) is 25.3 Å². The molecule has 0 aliphatic carbocycles. The summed E-state index contributed by atoms with van der Waals surface area (Å²) in [5.41, 5.74) is 8.01. The highest BCUT2D eigenvalue weighted by molar-refractivity contribution is 6.09. The van der Waals surface area contributed by atoms with Crippen LogP contribution in [0.15, 0.2) is 103 Å². The topological polar surface area (TPSA) is 75.0 Å². The van der Waals surface area contributed by atoms with Crippen LogP contribution in [-0.2, 0) is 19.6 Å². The molecule has 0 saturated carbocycles. The lowest BCUT2D eigenvalue weighted by Gasteiger charge is -2.24. The lowest BCUT2D eigenvalue weighted by atomic mass is 9.91. The predicted molar refractivity (Wildman–Crippen MR) is 169 cm³/mol. The summed E-state index contributed by atoms with van der Waals surface area (Å²) in [4.78, 5) is 30.3. The largest absolute Gasteiger partial charge is 0.496 e. The van der Waals surface area contributed by atoms with Gasteiger partial charge in [-0.2, -0.15) is 0 Å². The smallest absolute Gasteiger partial charge is 0.336 e. The molecule has 5 aromatic rings. The Morgan fingerprint density at radius 2 is 1.49 bits per heavy atom. The Bertz CT molecular complexity index is 1840. The van der Waals surface area contributed by atoms with Crippen LogP contribution < -0.4 is 9.64 Å². The Morgan fingerprint density at radius 3 is 2.23 bits per heavy atom. The Kier molecular flexibility index (Phi) is 7.57. The van der Waals surface area contributed by atoms with Crippen molar-refractivity contribution in [2.24, 2.45) is 0 Å². The van der Waals surface area contributed by atoms with Crippen molar-refractivity contribution in [1.82, 2.24) is 9.47 Å². The average molecular weight is 572 g/mol. The van der Waals surface area contributed by atoms with Gasteiger partial charge < -0.3 is 24.2 Å². The van der Waals surface area contributed by atoms with E-state index in [1.807, 2.05) is 71.6 Å². The van der Waals surface area contributed by atoms with Crippen LogP contribution in [0, 0.1) is 0 Å². The molecule has 7 nitrogen and oxygen atoms in total. The molecule has 2 heterocycles. The molecule has 0 unspecified atom stereocenters. The van der Waals surface area contributed by atoms with Crippen molar-refractivity contribution < 1.29 is 19.4 Å². The number of nitrogens with zero attached hydrogens (tertiary/aromatic N) is 3. The summed E-state index contributed by atoms with van der Waals surface area (Å²) < 4.78 is 8.12. The summed E-state index contributed by atoms with van der Waals surface area (Å²) in [6.45, 7) is 1.93. The van der Waals surface area contributed by atoms with Gasteiger partial charge in [-0.15, -0.1) is 0 Å². The molecule has 1 N–H and O–H groups in total. The quantitative estimate of drug-likeness (QED) is 0.233. The fourth-order valence-electron chi connectivity index (χ4n) is 5.92. The number of hydrogen-bond donors (Lipinski definition) is 1. The molecular formula is C36H33N3O4. The Hall–Kier alpha value is -5.14. The van der Waals surface area contributed by atoms with Crippen LogP contribution in [0.4, 0.5) is 5.69 Å². The third-order valence-electron chi connectivity index (χ3n) is 7.93. The van der Waals surface area contributed by atoms with Crippen molar-refractivity contribution in [3.8, 4) is 28.0 Å². The second-order valence-electron chi connectivity index (χ2n) is 11.0. The summed E-state index contributed by atoms with van der Waals surface area (Å²) in [7, 11) is 5.68. The van der Waals surface area contributed by atoms with E-state index in [0.29, 0.717) is 30.0 Å². The van der Waals surface area contributed by atoms with E-state index in [4.69, 9.17) is 4.74 Å². The maximum Gasteiger partial charge on any atom is 0.336 e. The van der Waals surface area contributed by atoms with E-state index in [-0.39, 0.29) is 11.5 Å². The van der Waals surface area contributed by atoms with Gasteiger partial charge in [-0.1, -0.05) is 66.7 Å². The third kappa shape index (κ3) is 5.31. The number of aromatic nitrogens is 1. The van der Waals surface area contributed by atoms with Gasteiger partial charge >= 0.3 is 5.97 Å². The standard InChI is InChI=1S/C36H33N3O4/c1-37(2)22-26-17-18-27-23-39(33-15-9-4-10-25(33)21-38(26)27)35(40)32-19-16-24(20-34(32)43-3)28-11-5-6-12-29(28)30-13-7-8-14-31(30)36(41)42/h4-20H,21-23H2,1-3H3,(H,41,42). The van der Waals surface area contributed by atoms with Crippen LogP contribution in [0.5, 0.6) is 5.75 Å². The molecular weight excluding hydrogens is 538 g/mol. The number of carboxylic acids is 1. The minimum absolute atomic E-state index is 0.149. The molecule has 0 bridgehead atoms. The molecule has 216 valence electrons. The zero-order valence-corrected chi connectivity index (χ0v) is 24.4. The number of benzene rings is 4. The number of rotatable bonds is 7. The molecule has 0 fully saturated rings. The number of amides is 1. The minimum Gasteiger partial charge on any atom is -0.496 e. The van der Waals surface area contributed by atoms with E-state index < -0.39 is 5.97 Å². The fraction of sp³-hybridized carbons (Fsp3) is 0.167. The minimum atomic E-state index is -0.985. The molecule has 43 heavy (non-hydrogen) atoms. The summed E-state index contributed by atoms with van der Waals surface area (Å²) in [6, 6.07) is 32.5. The van der Waals surface area contributed by atoms with E-state index in [0.717, 1.165) is 40.2 Å². The maximum absolute atomic E-state index is 14.3. The molecule has 0 spiro atoms. The summed E-state index contributed by atoms with van der Waals surface area (Å²) in [5, 5.41) is 9.82.